The molecule has 11 nitrogen and oxygen atoms in total. The fraction of sp³-hybridized carbons (Fsp3) is 0.583. The normalized spacial score (nSPS) is 28.7. The number of para-hydroxylation sites is 1. The molecule has 8 rings (SSSR count). The predicted octanol–water partition coefficient (Wildman–Crippen LogP) is 10.4. The molecule has 3 aliphatic heterocycles. The summed E-state index contributed by atoms with van der Waals surface area (Å²) in [5.41, 5.74) is 12.8. The Balaban J connectivity index is 1.04. The summed E-state index contributed by atoms with van der Waals surface area (Å²) in [5, 5.41) is 39.7. The fourth-order valence-electron chi connectivity index (χ4n) is 12.9. The summed E-state index contributed by atoms with van der Waals surface area (Å²) in [6.07, 6.45) is 20.1. The maximum absolute atomic E-state index is 10.8. The summed E-state index contributed by atoms with van der Waals surface area (Å²) in [6, 6.07) is 7.92. The highest BCUT2D eigenvalue weighted by Crippen LogP contribution is 2.68. The van der Waals surface area contributed by atoms with Gasteiger partial charge in [-0.3, -0.25) is 10.1 Å². The number of aliphatic imine (C=N–C) groups is 1. The molecule has 12 heteroatoms. The Hall–Kier alpha value is -4.42. The smallest absolute Gasteiger partial charge is 0.299 e. The van der Waals surface area contributed by atoms with Crippen LogP contribution in [0.15, 0.2) is 76.2 Å². The first-order valence-corrected chi connectivity index (χ1v) is 23.2. The van der Waals surface area contributed by atoms with E-state index in [1.54, 1.807) is 0 Å². The van der Waals surface area contributed by atoms with E-state index in [0.717, 1.165) is 45.6 Å². The van der Waals surface area contributed by atoms with Gasteiger partial charge in [0, 0.05) is 48.3 Å². The first-order chi connectivity index (χ1) is 28.4. The number of nitrogens with two attached hydrogens (primary N) is 1. The van der Waals surface area contributed by atoms with Crippen LogP contribution in [0.1, 0.15) is 123 Å². The molecule has 2 saturated heterocycles. The minimum atomic E-state index is -0.796. The minimum Gasteiger partial charge on any atom is -0.480 e. The van der Waals surface area contributed by atoms with Gasteiger partial charge in [-0.1, -0.05) is 57.6 Å². The minimum absolute atomic E-state index is 0.134. The Morgan fingerprint density at radius 3 is 2.50 bits per heavy atom. The zero-order valence-electron chi connectivity index (χ0n) is 37.1. The Bertz CT molecular complexity index is 2290. The summed E-state index contributed by atoms with van der Waals surface area (Å²) in [6.45, 7) is 19.4. The topological polar surface area (TPSA) is 149 Å². The highest BCUT2D eigenvalue weighted by Gasteiger charge is 2.58. The molecule has 60 heavy (non-hydrogen) atoms. The second-order valence-corrected chi connectivity index (χ2v) is 21.7. The quantitative estimate of drug-likeness (QED) is 0.0559. The Labute approximate surface area is 361 Å². The van der Waals surface area contributed by atoms with E-state index in [1.165, 1.54) is 99.7 Å². The van der Waals surface area contributed by atoms with Crippen LogP contribution in [0.25, 0.3) is 15.8 Å². The molecule has 2 aliphatic carbocycles. The number of hydrogen-bond acceptors (Lipinski definition) is 8. The van der Waals surface area contributed by atoms with Gasteiger partial charge in [0.2, 0.25) is 5.13 Å². The van der Waals surface area contributed by atoms with Crippen molar-refractivity contribution in [2.24, 2.45) is 32.4 Å². The summed E-state index contributed by atoms with van der Waals surface area (Å²) < 4.78 is 4.51. The molecule has 1 aromatic carbocycles. The predicted molar refractivity (Wildman–Crippen MR) is 245 cm³/mol. The van der Waals surface area contributed by atoms with E-state index in [1.807, 2.05) is 54.4 Å². The lowest BCUT2D eigenvalue weighted by molar-refractivity contribution is -0.898. The van der Waals surface area contributed by atoms with E-state index in [-0.39, 0.29) is 16.5 Å². The van der Waals surface area contributed by atoms with E-state index in [9.17, 15) is 15.6 Å². The third-order valence-corrected chi connectivity index (χ3v) is 15.9. The van der Waals surface area contributed by atoms with Crippen LogP contribution in [0.5, 0.6) is 0 Å². The van der Waals surface area contributed by atoms with Gasteiger partial charge in [-0.05, 0) is 123 Å². The van der Waals surface area contributed by atoms with Crippen LogP contribution in [0.3, 0.4) is 0 Å². The van der Waals surface area contributed by atoms with Crippen molar-refractivity contribution in [3.63, 3.8) is 0 Å². The van der Waals surface area contributed by atoms with E-state index >= 15 is 0 Å². The molecule has 322 valence electrons. The average molecular weight is 835 g/mol. The van der Waals surface area contributed by atoms with Gasteiger partial charge < -0.3 is 30.6 Å². The van der Waals surface area contributed by atoms with Gasteiger partial charge >= 0.3 is 0 Å². The van der Waals surface area contributed by atoms with Crippen LogP contribution >= 0.6 is 11.3 Å². The molecule has 4 fully saturated rings. The Kier molecular flexibility index (Phi) is 11.1. The molecule has 2 bridgehead atoms. The number of nitrogens with zero attached hydrogens (tertiary/aromatic N) is 6. The lowest BCUT2D eigenvalue weighted by atomic mass is 9.43. The monoisotopic (exact) mass is 835 g/mol. The van der Waals surface area contributed by atoms with Gasteiger partial charge in [0.25, 0.3) is 5.95 Å². The number of quaternary nitrogens is 1. The molecule has 5 aliphatic rings. The van der Waals surface area contributed by atoms with E-state index in [0.29, 0.717) is 52.0 Å². The van der Waals surface area contributed by atoms with Crippen LogP contribution < -0.4 is 11.1 Å². The number of allylic oxidation sites excluding steroid dienone is 3. The number of hydrogen-bond donors (Lipinski definition) is 5. The molecule has 2 unspecified atom stereocenters. The van der Waals surface area contributed by atoms with Crippen molar-refractivity contribution in [1.29, 1.82) is 5.41 Å². The van der Waals surface area contributed by atoms with Crippen LogP contribution in [-0.4, -0.2) is 79.3 Å². The number of aliphatic hydroxyl groups is 2. The van der Waals surface area contributed by atoms with Crippen LogP contribution in [0.2, 0.25) is 0 Å². The molecular weight excluding hydrogens is 767 g/mol. The number of rotatable bonds is 11. The van der Waals surface area contributed by atoms with Crippen molar-refractivity contribution in [2.45, 2.75) is 125 Å². The molecule has 3 atom stereocenters. The van der Waals surface area contributed by atoms with Crippen LogP contribution in [0, 0.1) is 34.0 Å². The number of aromatic nitrogens is 3. The first-order valence-electron chi connectivity index (χ1n) is 22.4. The van der Waals surface area contributed by atoms with E-state index in [2.05, 4.69) is 61.6 Å². The molecule has 5 heterocycles. The molecule has 2 saturated carbocycles. The number of aliphatic hydroxyl groups excluding tert-OH is 1. The van der Waals surface area contributed by atoms with E-state index < -0.39 is 5.95 Å². The second-order valence-electron chi connectivity index (χ2n) is 20.7. The maximum atomic E-state index is 10.8. The standard InChI is InChI=1S/C48H67N9O2S/c1-8-46(6)28-47(20-14-24-57(7)22-11-12-23-57)26-45(4,5)27-48(29-46,30-47)31-56-33(3)36(25-51-56)35-18-19-39(53-40(35)43(58)59)55-21-13-15-34(42(55)50)32(2)41(49)54-44-52-37-16-9-10-17-38(37)60-44/h9-10,16-19,25H,8,11-15,20-24,26-31H2,1-7H3,(H5-,49,50,52,53,54,58,59)/p+1/t46-,47?,48?/m1/s1. The van der Waals surface area contributed by atoms with Gasteiger partial charge in [0.15, 0.2) is 0 Å². The number of piperidine rings is 1. The summed E-state index contributed by atoms with van der Waals surface area (Å²) in [5.74, 6) is 0.446. The molecule has 0 radical (unpaired) electrons. The van der Waals surface area contributed by atoms with Gasteiger partial charge in [0.05, 0.1) is 43.1 Å². The SMILES string of the molecule is CC[C@]1(C)CC2(CCC[N+]3(C)CCCC3)CC(C)(C)CC(Cn3ncc(C4=CC=C(N5CCC/C(=C(C)/C(N)=N\c6nc7ccccc7s6)C5=N)NC4=C(O)O)c3C)(C2)C1. The fourth-order valence-corrected chi connectivity index (χ4v) is 13.7. The number of amidine groups is 2. The zero-order valence-corrected chi connectivity index (χ0v) is 37.9. The summed E-state index contributed by atoms with van der Waals surface area (Å²) in [7, 11) is 2.48. The summed E-state index contributed by atoms with van der Waals surface area (Å²) in [4.78, 5) is 11.1. The third-order valence-electron chi connectivity index (χ3n) is 15.0. The highest BCUT2D eigenvalue weighted by atomic mass is 32.1. The van der Waals surface area contributed by atoms with Crippen LogP contribution in [0.4, 0.5) is 5.13 Å². The van der Waals surface area contributed by atoms with Crippen LogP contribution in [-0.2, 0) is 6.54 Å². The lowest BCUT2D eigenvalue weighted by Crippen LogP contribution is -2.54. The molecule has 2 aromatic heterocycles. The number of nitrogens with one attached hydrogen (secondary N) is 2. The maximum Gasteiger partial charge on any atom is 0.299 e. The Morgan fingerprint density at radius 2 is 1.77 bits per heavy atom. The number of likely N-dealkylation sites (tertiary alicyclic amines) is 2. The van der Waals surface area contributed by atoms with Crippen molar-refractivity contribution in [2.75, 3.05) is 33.2 Å². The first kappa shape index (κ1) is 42.3. The second kappa shape index (κ2) is 15.8. The number of dihydropyridines is 1. The van der Waals surface area contributed by atoms with Crippen molar-refractivity contribution < 1.29 is 14.7 Å². The molecule has 6 N–H and O–H groups in total. The number of fused-ring (bicyclic) bond motifs is 3. The Morgan fingerprint density at radius 1 is 1.03 bits per heavy atom. The van der Waals surface area contributed by atoms with Gasteiger partial charge in [0.1, 0.15) is 23.2 Å². The zero-order chi connectivity index (χ0) is 42.7. The number of thiazole rings is 1. The van der Waals surface area contributed by atoms with Crippen molar-refractivity contribution in [1.82, 2.24) is 25.0 Å². The van der Waals surface area contributed by atoms with E-state index in [4.69, 9.17) is 10.8 Å². The lowest BCUT2D eigenvalue weighted by Gasteiger charge is -2.63. The molecule has 0 amide bonds. The largest absolute Gasteiger partial charge is 0.480 e. The average Bonchev–Trinajstić information content (AvgIpc) is 3.91. The summed E-state index contributed by atoms with van der Waals surface area (Å²) >= 11 is 1.49. The molecule has 0 spiro atoms. The van der Waals surface area contributed by atoms with Gasteiger partial charge in [-0.15, -0.1) is 0 Å². The van der Waals surface area contributed by atoms with Gasteiger partial charge in [-0.25, -0.2) is 9.98 Å². The third kappa shape index (κ3) is 8.30. The van der Waals surface area contributed by atoms with Crippen molar-refractivity contribution >= 4 is 43.9 Å². The highest BCUT2D eigenvalue weighted by molar-refractivity contribution is 7.22. The van der Waals surface area contributed by atoms with Crippen molar-refractivity contribution in [3.05, 3.63) is 82.5 Å². The van der Waals surface area contributed by atoms with Gasteiger partial charge in [-0.2, -0.15) is 5.10 Å². The molecule has 3 aromatic rings. The molecular formula is C48H68N9O2S+. The van der Waals surface area contributed by atoms with Crippen molar-refractivity contribution in [3.8, 4) is 0 Å². The number of benzene rings is 1.